The fourth-order valence-corrected chi connectivity index (χ4v) is 2.58. The van der Waals surface area contributed by atoms with Gasteiger partial charge in [-0.15, -0.1) is 0 Å². The Morgan fingerprint density at radius 3 is 2.52 bits per heavy atom. The van der Waals surface area contributed by atoms with Crippen LogP contribution in [0.2, 0.25) is 0 Å². The zero-order valence-corrected chi connectivity index (χ0v) is 13.3. The van der Waals surface area contributed by atoms with E-state index in [0.717, 1.165) is 16.6 Å². The second-order valence-corrected chi connectivity index (χ2v) is 5.11. The average Bonchev–Trinajstić information content (AvgIpc) is 2.84. The van der Waals surface area contributed by atoms with Gasteiger partial charge in [0.2, 0.25) is 5.88 Å². The lowest BCUT2D eigenvalue weighted by Crippen LogP contribution is -1.89. The van der Waals surface area contributed by atoms with Crippen molar-refractivity contribution in [3.05, 3.63) is 48.0 Å². The highest BCUT2D eigenvalue weighted by Crippen LogP contribution is 2.32. The van der Waals surface area contributed by atoms with Gasteiger partial charge in [-0.1, -0.05) is 18.2 Å². The Balaban J connectivity index is 2.02. The second kappa shape index (κ2) is 6.04. The number of nitrogens with zero attached hydrogens (tertiary/aromatic N) is 2. The van der Waals surface area contributed by atoms with Gasteiger partial charge >= 0.3 is 0 Å². The van der Waals surface area contributed by atoms with Crippen molar-refractivity contribution in [3.63, 3.8) is 0 Å². The van der Waals surface area contributed by atoms with Crippen molar-refractivity contribution < 1.29 is 14.6 Å². The molecule has 0 radical (unpaired) electrons. The lowest BCUT2D eigenvalue weighted by Gasteiger charge is -2.07. The Morgan fingerprint density at radius 2 is 1.78 bits per heavy atom. The highest BCUT2D eigenvalue weighted by molar-refractivity contribution is 6.03. The largest absolute Gasteiger partial charge is 0.494 e. The molecular formula is C18H18N2O3. The number of aromatic nitrogens is 1. The molecule has 23 heavy (non-hydrogen) atoms. The fraction of sp³-hybridized carbons (Fsp3) is 0.167. The van der Waals surface area contributed by atoms with E-state index in [-0.39, 0.29) is 5.88 Å². The Hall–Kier alpha value is -2.95. The van der Waals surface area contributed by atoms with Gasteiger partial charge in [-0.25, -0.2) is 0 Å². The van der Waals surface area contributed by atoms with E-state index in [1.807, 2.05) is 37.4 Å². The van der Waals surface area contributed by atoms with E-state index < -0.39 is 0 Å². The Bertz CT molecular complexity index is 881. The van der Waals surface area contributed by atoms with Crippen LogP contribution >= 0.6 is 0 Å². The van der Waals surface area contributed by atoms with E-state index >= 15 is 0 Å². The summed E-state index contributed by atoms with van der Waals surface area (Å²) < 4.78 is 12.2. The van der Waals surface area contributed by atoms with Crippen molar-refractivity contribution in [2.24, 2.45) is 12.0 Å². The maximum absolute atomic E-state index is 10.3. The Kier molecular flexibility index (Phi) is 3.93. The van der Waals surface area contributed by atoms with Crippen molar-refractivity contribution in [1.29, 1.82) is 0 Å². The van der Waals surface area contributed by atoms with Gasteiger partial charge < -0.3 is 19.1 Å². The number of hydrogen-bond acceptors (Lipinski definition) is 4. The van der Waals surface area contributed by atoms with Crippen molar-refractivity contribution in [2.45, 2.75) is 0 Å². The number of aliphatic imine (C=N–C) groups is 1. The first-order chi connectivity index (χ1) is 11.2. The normalized spacial score (nSPS) is 11.3. The van der Waals surface area contributed by atoms with Crippen LogP contribution in [-0.2, 0) is 7.05 Å². The molecule has 0 aliphatic carbocycles. The summed E-state index contributed by atoms with van der Waals surface area (Å²) >= 11 is 0. The Labute approximate surface area is 134 Å². The number of fused-ring (bicyclic) bond motifs is 1. The van der Waals surface area contributed by atoms with Crippen LogP contribution in [0.25, 0.3) is 10.9 Å². The Morgan fingerprint density at radius 1 is 1.04 bits per heavy atom. The van der Waals surface area contributed by atoms with Crippen molar-refractivity contribution in [3.8, 4) is 17.4 Å². The molecule has 2 aromatic carbocycles. The van der Waals surface area contributed by atoms with E-state index in [1.54, 1.807) is 37.1 Å². The lowest BCUT2D eigenvalue weighted by molar-refractivity contribution is 0.355. The van der Waals surface area contributed by atoms with Gasteiger partial charge in [0.05, 0.1) is 31.0 Å². The number of benzene rings is 2. The van der Waals surface area contributed by atoms with Crippen LogP contribution in [0.4, 0.5) is 5.69 Å². The molecule has 0 aliphatic rings. The van der Waals surface area contributed by atoms with Crippen LogP contribution in [-0.4, -0.2) is 30.1 Å². The highest BCUT2D eigenvalue weighted by atomic mass is 16.5. The van der Waals surface area contributed by atoms with Crippen LogP contribution in [0, 0.1) is 0 Å². The molecular weight excluding hydrogens is 292 g/mol. The van der Waals surface area contributed by atoms with Crippen molar-refractivity contribution in [1.82, 2.24) is 4.57 Å². The second-order valence-electron chi connectivity index (χ2n) is 5.11. The molecule has 1 aromatic heterocycles. The van der Waals surface area contributed by atoms with E-state index in [4.69, 9.17) is 9.47 Å². The summed E-state index contributed by atoms with van der Waals surface area (Å²) in [5, 5.41) is 11.3. The van der Waals surface area contributed by atoms with Gasteiger partial charge in [0, 0.05) is 24.7 Å². The minimum atomic E-state index is 0.190. The summed E-state index contributed by atoms with van der Waals surface area (Å²) in [4.78, 5) is 4.45. The number of aryl methyl sites for hydroxylation is 1. The molecule has 5 nitrogen and oxygen atoms in total. The zero-order valence-electron chi connectivity index (χ0n) is 13.3. The van der Waals surface area contributed by atoms with Crippen LogP contribution in [0.15, 0.2) is 47.5 Å². The standard InChI is InChI=1S/C18H18N2O3/c1-20-15-7-5-4-6-13(15)14(18(20)21)11-19-12-8-9-16(22-2)17(10-12)23-3/h4-11,21H,1-3H3. The highest BCUT2D eigenvalue weighted by Gasteiger charge is 2.12. The van der Waals surface area contributed by atoms with Crippen LogP contribution in [0.1, 0.15) is 5.56 Å². The van der Waals surface area contributed by atoms with Crippen LogP contribution in [0.5, 0.6) is 17.4 Å². The number of rotatable bonds is 4. The molecule has 1 heterocycles. The third kappa shape index (κ3) is 2.61. The molecule has 0 unspecified atom stereocenters. The molecule has 0 saturated heterocycles. The first-order valence-corrected chi connectivity index (χ1v) is 7.18. The summed E-state index contributed by atoms with van der Waals surface area (Å²) in [7, 11) is 5.00. The molecule has 3 aromatic rings. The minimum Gasteiger partial charge on any atom is -0.494 e. The number of hydrogen-bond donors (Lipinski definition) is 1. The molecule has 0 bridgehead atoms. The van der Waals surface area contributed by atoms with Gasteiger partial charge in [-0.05, 0) is 18.2 Å². The van der Waals surface area contributed by atoms with E-state index in [1.165, 1.54) is 0 Å². The summed E-state index contributed by atoms with van der Waals surface area (Å²) in [5.41, 5.74) is 2.37. The monoisotopic (exact) mass is 310 g/mol. The van der Waals surface area contributed by atoms with Gasteiger partial charge in [-0.2, -0.15) is 0 Å². The maximum Gasteiger partial charge on any atom is 0.200 e. The topological polar surface area (TPSA) is 56.0 Å². The van der Waals surface area contributed by atoms with Gasteiger partial charge in [-0.3, -0.25) is 4.99 Å². The van der Waals surface area contributed by atoms with Crippen molar-refractivity contribution in [2.75, 3.05) is 14.2 Å². The molecule has 0 aliphatic heterocycles. The van der Waals surface area contributed by atoms with Crippen molar-refractivity contribution >= 4 is 22.8 Å². The molecule has 0 fully saturated rings. The average molecular weight is 310 g/mol. The molecule has 118 valence electrons. The molecule has 0 amide bonds. The third-order valence-electron chi connectivity index (χ3n) is 3.82. The minimum absolute atomic E-state index is 0.190. The fourth-order valence-electron chi connectivity index (χ4n) is 2.58. The predicted molar refractivity (Wildman–Crippen MR) is 91.4 cm³/mol. The van der Waals surface area contributed by atoms with E-state index in [9.17, 15) is 5.11 Å². The van der Waals surface area contributed by atoms with Crippen LogP contribution in [0.3, 0.4) is 0 Å². The molecule has 1 N–H and O–H groups in total. The summed E-state index contributed by atoms with van der Waals surface area (Å²) in [6.07, 6.45) is 1.67. The van der Waals surface area contributed by atoms with E-state index in [2.05, 4.69) is 4.99 Å². The van der Waals surface area contributed by atoms with E-state index in [0.29, 0.717) is 17.1 Å². The first kappa shape index (κ1) is 15.0. The molecule has 0 spiro atoms. The number of methoxy groups -OCH3 is 2. The maximum atomic E-state index is 10.3. The number of aromatic hydroxyl groups is 1. The van der Waals surface area contributed by atoms with Crippen LogP contribution < -0.4 is 9.47 Å². The smallest absolute Gasteiger partial charge is 0.200 e. The summed E-state index contributed by atoms with van der Waals surface area (Å²) in [6.45, 7) is 0. The molecule has 0 atom stereocenters. The molecule has 5 heteroatoms. The van der Waals surface area contributed by atoms with Gasteiger partial charge in [0.1, 0.15) is 0 Å². The predicted octanol–water partition coefficient (Wildman–Crippen LogP) is 3.65. The van der Waals surface area contributed by atoms with Gasteiger partial charge in [0.25, 0.3) is 0 Å². The summed E-state index contributed by atoms with van der Waals surface area (Å²) in [5.74, 6) is 1.46. The molecule has 0 saturated carbocycles. The number of ether oxygens (including phenoxy) is 2. The third-order valence-corrected chi connectivity index (χ3v) is 3.82. The summed E-state index contributed by atoms with van der Waals surface area (Å²) in [6, 6.07) is 13.2. The van der Waals surface area contributed by atoms with Gasteiger partial charge in [0.15, 0.2) is 11.5 Å². The molecule has 3 rings (SSSR count). The quantitative estimate of drug-likeness (QED) is 0.748. The zero-order chi connectivity index (χ0) is 16.4. The first-order valence-electron chi connectivity index (χ1n) is 7.18. The number of para-hydroxylation sites is 1. The lowest BCUT2D eigenvalue weighted by atomic mass is 10.2. The SMILES string of the molecule is COc1ccc(N=Cc2c(O)n(C)c3ccccc23)cc1OC.